The van der Waals surface area contributed by atoms with Crippen molar-refractivity contribution in [2.45, 2.75) is 43.9 Å². The zero-order valence-corrected chi connectivity index (χ0v) is 16.5. The molecule has 5 nitrogen and oxygen atoms in total. The summed E-state index contributed by atoms with van der Waals surface area (Å²) in [5.41, 5.74) is 8.95. The van der Waals surface area contributed by atoms with Crippen molar-refractivity contribution < 1.29 is 5.11 Å². The maximum Gasteiger partial charge on any atom is 0.0961 e. The third kappa shape index (κ3) is 4.35. The van der Waals surface area contributed by atoms with Crippen LogP contribution in [0.25, 0.3) is 6.08 Å². The first-order valence-electron chi connectivity index (χ1n) is 9.42. The highest BCUT2D eigenvalue weighted by Crippen LogP contribution is 2.32. The third-order valence-electron chi connectivity index (χ3n) is 5.50. The molecule has 0 radical (unpaired) electrons. The van der Waals surface area contributed by atoms with Gasteiger partial charge in [-0.1, -0.05) is 30.4 Å². The predicted octanol–water partition coefficient (Wildman–Crippen LogP) is 2.05. The molecule has 0 aromatic heterocycles. The molecule has 1 aliphatic carbocycles. The van der Waals surface area contributed by atoms with Crippen molar-refractivity contribution >= 4 is 6.08 Å². The lowest BCUT2D eigenvalue weighted by Gasteiger charge is -2.39. The Morgan fingerprint density at radius 3 is 2.58 bits per heavy atom. The van der Waals surface area contributed by atoms with E-state index < -0.39 is 5.60 Å². The Morgan fingerprint density at radius 2 is 1.96 bits per heavy atom. The summed E-state index contributed by atoms with van der Waals surface area (Å²) in [5, 5.41) is 20.9. The van der Waals surface area contributed by atoms with E-state index in [0.717, 1.165) is 30.4 Å². The lowest BCUT2D eigenvalue weighted by Crippen LogP contribution is -2.57. The number of nitrogens with one attached hydrogen (secondary N) is 3. The van der Waals surface area contributed by atoms with Gasteiger partial charge >= 0.3 is 0 Å². The molecule has 5 heteroatoms. The van der Waals surface area contributed by atoms with E-state index in [1.165, 1.54) is 11.3 Å². The minimum atomic E-state index is -0.904. The summed E-state index contributed by atoms with van der Waals surface area (Å²) < 4.78 is 0. The third-order valence-corrected chi connectivity index (χ3v) is 5.50. The van der Waals surface area contributed by atoms with Gasteiger partial charge in [-0.25, -0.2) is 0 Å². The molecule has 0 spiro atoms. The van der Waals surface area contributed by atoms with Crippen LogP contribution in [0.3, 0.4) is 0 Å². The molecule has 0 aliphatic heterocycles. The molecule has 0 saturated heterocycles. The van der Waals surface area contributed by atoms with E-state index in [1.807, 2.05) is 46.3 Å². The van der Waals surface area contributed by atoms with Gasteiger partial charge in [0, 0.05) is 18.3 Å². The van der Waals surface area contributed by atoms with E-state index >= 15 is 0 Å². The van der Waals surface area contributed by atoms with E-state index in [-0.39, 0.29) is 5.66 Å². The van der Waals surface area contributed by atoms with Gasteiger partial charge in [0.05, 0.1) is 11.3 Å². The molecule has 2 rings (SSSR count). The van der Waals surface area contributed by atoms with E-state index in [4.69, 9.17) is 5.73 Å². The maximum absolute atomic E-state index is 10.6. The number of benzene rings is 1. The molecule has 26 heavy (non-hydrogen) atoms. The molecule has 6 N–H and O–H groups in total. The first-order valence-corrected chi connectivity index (χ1v) is 9.42. The van der Waals surface area contributed by atoms with Gasteiger partial charge in [-0.3, -0.25) is 10.6 Å². The fourth-order valence-corrected chi connectivity index (χ4v) is 3.79. The monoisotopic (exact) mass is 358 g/mol. The number of hydrogen-bond acceptors (Lipinski definition) is 5. The molecule has 0 amide bonds. The number of likely N-dealkylation sites (N-methyl/N-ethyl adjacent to an activating group) is 2. The zero-order chi connectivity index (χ0) is 19.2. The van der Waals surface area contributed by atoms with E-state index in [1.54, 1.807) is 0 Å². The Balaban J connectivity index is 2.36. The lowest BCUT2D eigenvalue weighted by atomic mass is 9.84. The summed E-state index contributed by atoms with van der Waals surface area (Å²) >= 11 is 0. The quantitative estimate of drug-likeness (QED) is 0.460. The lowest BCUT2D eigenvalue weighted by molar-refractivity contribution is 0.0504. The van der Waals surface area contributed by atoms with Crippen LogP contribution in [0.4, 0.5) is 0 Å². The van der Waals surface area contributed by atoms with Crippen molar-refractivity contribution in [1.82, 2.24) is 16.0 Å². The smallest absolute Gasteiger partial charge is 0.0961 e. The van der Waals surface area contributed by atoms with Gasteiger partial charge in [0.15, 0.2) is 0 Å². The molecule has 0 heterocycles. The minimum absolute atomic E-state index is 0.226. The van der Waals surface area contributed by atoms with Crippen LogP contribution in [0.15, 0.2) is 41.6 Å². The SMILES string of the molecule is CNC1=C(/C=C\c2cccc(C(C)(O)CCN)c2)C(NC)(NC)CCC1. The van der Waals surface area contributed by atoms with Crippen LogP contribution in [0.5, 0.6) is 0 Å². The molecule has 0 saturated carbocycles. The molecule has 1 aliphatic rings. The molecule has 1 unspecified atom stereocenters. The summed E-state index contributed by atoms with van der Waals surface area (Å²) in [4.78, 5) is 0. The highest BCUT2D eigenvalue weighted by molar-refractivity contribution is 5.57. The van der Waals surface area contributed by atoms with Crippen LogP contribution in [0.2, 0.25) is 0 Å². The summed E-state index contributed by atoms with van der Waals surface area (Å²) in [6, 6.07) is 8.03. The Labute approximate surface area is 157 Å². The van der Waals surface area contributed by atoms with Gasteiger partial charge in [-0.2, -0.15) is 0 Å². The molecular weight excluding hydrogens is 324 g/mol. The summed E-state index contributed by atoms with van der Waals surface area (Å²) in [6.45, 7) is 2.27. The van der Waals surface area contributed by atoms with Crippen LogP contribution in [0.1, 0.15) is 43.7 Å². The molecule has 144 valence electrons. The van der Waals surface area contributed by atoms with Gasteiger partial charge in [0.2, 0.25) is 0 Å². The van der Waals surface area contributed by atoms with Crippen LogP contribution in [-0.2, 0) is 5.60 Å². The Kier molecular flexibility index (Phi) is 7.01. The first kappa shape index (κ1) is 20.6. The Morgan fingerprint density at radius 1 is 1.23 bits per heavy atom. The van der Waals surface area contributed by atoms with E-state index in [0.29, 0.717) is 13.0 Å². The highest BCUT2D eigenvalue weighted by Gasteiger charge is 2.34. The average Bonchev–Trinajstić information content (AvgIpc) is 2.66. The molecule has 1 atom stereocenters. The number of aliphatic hydroxyl groups is 1. The minimum Gasteiger partial charge on any atom is -0.391 e. The van der Waals surface area contributed by atoms with E-state index in [2.05, 4.69) is 34.2 Å². The van der Waals surface area contributed by atoms with Gasteiger partial charge in [0.25, 0.3) is 0 Å². The standard InChI is InChI=1S/C21H34N4O/c1-20(26,13-14-22)17-8-5-7-16(15-17)10-11-18-19(23-2)9-6-12-21(18,24-3)25-4/h5,7-8,10-11,15,23-26H,6,9,12-14,22H2,1-4H3/b11-10-. The first-order chi connectivity index (χ1) is 12.4. The topological polar surface area (TPSA) is 82.3 Å². The second kappa shape index (κ2) is 8.82. The maximum atomic E-state index is 10.6. The van der Waals surface area contributed by atoms with Crippen molar-refractivity contribution in [2.75, 3.05) is 27.7 Å². The fraction of sp³-hybridized carbons (Fsp3) is 0.524. The second-order valence-electron chi connectivity index (χ2n) is 7.17. The van der Waals surface area contributed by atoms with Crippen molar-refractivity contribution in [3.63, 3.8) is 0 Å². The Bertz CT molecular complexity index is 660. The average molecular weight is 359 g/mol. The van der Waals surface area contributed by atoms with Crippen molar-refractivity contribution in [3.8, 4) is 0 Å². The number of hydrogen-bond donors (Lipinski definition) is 5. The second-order valence-corrected chi connectivity index (χ2v) is 7.17. The molecule has 0 fully saturated rings. The van der Waals surface area contributed by atoms with Crippen LogP contribution >= 0.6 is 0 Å². The van der Waals surface area contributed by atoms with Crippen molar-refractivity contribution in [1.29, 1.82) is 0 Å². The van der Waals surface area contributed by atoms with Gasteiger partial charge in [-0.05, 0) is 70.4 Å². The Hall–Kier alpha value is -1.66. The number of rotatable bonds is 8. The van der Waals surface area contributed by atoms with Crippen LogP contribution in [0, 0.1) is 0 Å². The molecule has 1 aromatic carbocycles. The van der Waals surface area contributed by atoms with Crippen molar-refractivity contribution in [3.05, 3.63) is 52.7 Å². The van der Waals surface area contributed by atoms with Crippen molar-refractivity contribution in [2.24, 2.45) is 5.73 Å². The molecule has 0 bridgehead atoms. The van der Waals surface area contributed by atoms with Gasteiger partial charge in [0.1, 0.15) is 0 Å². The van der Waals surface area contributed by atoms with E-state index in [9.17, 15) is 5.11 Å². The van der Waals surface area contributed by atoms with Crippen LogP contribution in [-0.4, -0.2) is 38.5 Å². The molecular formula is C21H34N4O. The van der Waals surface area contributed by atoms with Gasteiger partial charge < -0.3 is 16.2 Å². The highest BCUT2D eigenvalue weighted by atomic mass is 16.3. The molecule has 1 aromatic rings. The summed E-state index contributed by atoms with van der Waals surface area (Å²) in [7, 11) is 5.97. The summed E-state index contributed by atoms with van der Waals surface area (Å²) in [6.07, 6.45) is 8.05. The predicted molar refractivity (Wildman–Crippen MR) is 110 cm³/mol. The van der Waals surface area contributed by atoms with Gasteiger partial charge in [-0.15, -0.1) is 0 Å². The summed E-state index contributed by atoms with van der Waals surface area (Å²) in [5.74, 6) is 0. The zero-order valence-electron chi connectivity index (χ0n) is 16.5. The fourth-order valence-electron chi connectivity index (χ4n) is 3.79. The number of nitrogens with two attached hydrogens (primary N) is 1. The van der Waals surface area contributed by atoms with Crippen LogP contribution < -0.4 is 21.7 Å². The number of allylic oxidation sites excluding steroid dienone is 1. The normalized spacial score (nSPS) is 19.6. The largest absolute Gasteiger partial charge is 0.391 e.